The lowest BCUT2D eigenvalue weighted by molar-refractivity contribution is 0.322. The Balaban J connectivity index is 2.33. The lowest BCUT2D eigenvalue weighted by Crippen LogP contribution is -2.28. The molecule has 1 aliphatic rings. The van der Waals surface area contributed by atoms with Gasteiger partial charge in [0.15, 0.2) is 0 Å². The van der Waals surface area contributed by atoms with Crippen molar-refractivity contribution in [2.45, 2.75) is 19.8 Å². The zero-order valence-corrected chi connectivity index (χ0v) is 11.3. The minimum Gasteiger partial charge on any atom is -0.411 e. The summed E-state index contributed by atoms with van der Waals surface area (Å²) in [4.78, 5) is 19.2. The van der Waals surface area contributed by atoms with Gasteiger partial charge in [-0.15, -0.1) is 0 Å². The molecule has 1 N–H and O–H groups in total. The lowest BCUT2D eigenvalue weighted by atomic mass is 10.2. The first-order valence-electron chi connectivity index (χ1n) is 6.67. The van der Waals surface area contributed by atoms with Gasteiger partial charge in [0.25, 0.3) is 5.56 Å². The van der Waals surface area contributed by atoms with Crippen LogP contribution in [0.3, 0.4) is 0 Å². The van der Waals surface area contributed by atoms with E-state index < -0.39 is 0 Å². The molecule has 1 saturated heterocycles. The standard InChI is InChI=1S/C14H16N4O2/c1-10-5-4-8-18-12(10)16-13(17-6-2-3-7-17)11(9-15-20)14(18)19/h4-5,8-9,20H,2-3,6-7H2,1H3. The van der Waals surface area contributed by atoms with E-state index in [2.05, 4.69) is 15.0 Å². The molecule has 20 heavy (non-hydrogen) atoms. The van der Waals surface area contributed by atoms with Crippen LogP contribution in [0.25, 0.3) is 5.65 Å². The average molecular weight is 272 g/mol. The van der Waals surface area contributed by atoms with Crippen molar-refractivity contribution in [2.75, 3.05) is 18.0 Å². The molecule has 2 aromatic rings. The molecule has 0 aromatic carbocycles. The molecule has 0 aliphatic carbocycles. The van der Waals surface area contributed by atoms with Crippen LogP contribution < -0.4 is 10.5 Å². The second-order valence-electron chi connectivity index (χ2n) is 4.98. The monoisotopic (exact) mass is 272 g/mol. The third-order valence-corrected chi connectivity index (χ3v) is 3.66. The van der Waals surface area contributed by atoms with Crippen molar-refractivity contribution < 1.29 is 5.21 Å². The van der Waals surface area contributed by atoms with Crippen LogP contribution in [0.5, 0.6) is 0 Å². The Hall–Kier alpha value is -2.37. The number of aromatic nitrogens is 2. The Kier molecular flexibility index (Phi) is 3.14. The molecule has 0 radical (unpaired) electrons. The van der Waals surface area contributed by atoms with Gasteiger partial charge in [-0.05, 0) is 31.4 Å². The lowest BCUT2D eigenvalue weighted by Gasteiger charge is -2.19. The summed E-state index contributed by atoms with van der Waals surface area (Å²) in [7, 11) is 0. The van der Waals surface area contributed by atoms with E-state index in [1.807, 2.05) is 13.0 Å². The van der Waals surface area contributed by atoms with Gasteiger partial charge in [0.1, 0.15) is 17.0 Å². The third kappa shape index (κ3) is 1.93. The first-order chi connectivity index (χ1) is 9.72. The number of anilines is 1. The first kappa shape index (κ1) is 12.7. The smallest absolute Gasteiger partial charge is 0.269 e. The fraction of sp³-hybridized carbons (Fsp3) is 0.357. The maximum absolute atomic E-state index is 12.5. The highest BCUT2D eigenvalue weighted by atomic mass is 16.4. The molecular formula is C14H16N4O2. The molecule has 6 heteroatoms. The summed E-state index contributed by atoms with van der Waals surface area (Å²) in [5.74, 6) is 0.611. The van der Waals surface area contributed by atoms with Crippen molar-refractivity contribution in [1.29, 1.82) is 0 Å². The molecule has 6 nitrogen and oxygen atoms in total. The van der Waals surface area contributed by atoms with Crippen molar-refractivity contribution in [3.8, 4) is 0 Å². The molecule has 3 heterocycles. The minimum absolute atomic E-state index is 0.210. The Labute approximate surface area is 116 Å². The number of hydrogen-bond donors (Lipinski definition) is 1. The predicted molar refractivity (Wildman–Crippen MR) is 77.0 cm³/mol. The molecule has 0 bridgehead atoms. The third-order valence-electron chi connectivity index (χ3n) is 3.66. The SMILES string of the molecule is Cc1cccn2c(=O)c(C=NO)c(N3CCCC3)nc12. The summed E-state index contributed by atoms with van der Waals surface area (Å²) in [6.45, 7) is 3.68. The number of hydrogen-bond acceptors (Lipinski definition) is 5. The highest BCUT2D eigenvalue weighted by molar-refractivity contribution is 5.86. The summed E-state index contributed by atoms with van der Waals surface area (Å²) in [6, 6.07) is 3.73. The van der Waals surface area contributed by atoms with Crippen LogP contribution in [-0.4, -0.2) is 33.9 Å². The predicted octanol–water partition coefficient (Wildman–Crippen LogP) is 1.41. The number of oxime groups is 1. The van der Waals surface area contributed by atoms with Crippen LogP contribution in [0.2, 0.25) is 0 Å². The first-order valence-corrected chi connectivity index (χ1v) is 6.67. The number of aryl methyl sites for hydroxylation is 1. The van der Waals surface area contributed by atoms with Crippen LogP contribution in [-0.2, 0) is 0 Å². The van der Waals surface area contributed by atoms with Gasteiger partial charge in [-0.2, -0.15) is 0 Å². The minimum atomic E-state index is -0.210. The van der Waals surface area contributed by atoms with Gasteiger partial charge in [0.2, 0.25) is 0 Å². The fourth-order valence-electron chi connectivity index (χ4n) is 2.64. The van der Waals surface area contributed by atoms with Gasteiger partial charge in [-0.1, -0.05) is 11.2 Å². The highest BCUT2D eigenvalue weighted by Gasteiger charge is 2.20. The fourth-order valence-corrected chi connectivity index (χ4v) is 2.64. The van der Waals surface area contributed by atoms with Crippen molar-refractivity contribution >= 4 is 17.7 Å². The topological polar surface area (TPSA) is 70.2 Å². The largest absolute Gasteiger partial charge is 0.411 e. The van der Waals surface area contributed by atoms with Crippen molar-refractivity contribution in [2.24, 2.45) is 5.16 Å². The van der Waals surface area contributed by atoms with Crippen molar-refractivity contribution in [3.05, 3.63) is 39.8 Å². The van der Waals surface area contributed by atoms with E-state index in [-0.39, 0.29) is 5.56 Å². The van der Waals surface area contributed by atoms with Gasteiger partial charge in [0, 0.05) is 19.3 Å². The molecule has 104 valence electrons. The molecule has 0 amide bonds. The second kappa shape index (κ2) is 4.96. The van der Waals surface area contributed by atoms with E-state index in [1.54, 1.807) is 12.3 Å². The Morgan fingerprint density at radius 2 is 2.15 bits per heavy atom. The van der Waals surface area contributed by atoms with Gasteiger partial charge in [-0.3, -0.25) is 9.20 Å². The molecule has 0 unspecified atom stereocenters. The van der Waals surface area contributed by atoms with Crippen molar-refractivity contribution in [1.82, 2.24) is 9.38 Å². The summed E-state index contributed by atoms with van der Waals surface area (Å²) in [6.07, 6.45) is 5.03. The van der Waals surface area contributed by atoms with Crippen LogP contribution in [0, 0.1) is 6.92 Å². The van der Waals surface area contributed by atoms with Crippen LogP contribution >= 0.6 is 0 Å². The normalized spacial score (nSPS) is 15.6. The zero-order chi connectivity index (χ0) is 14.1. The van der Waals surface area contributed by atoms with E-state index in [0.717, 1.165) is 31.5 Å². The molecule has 0 atom stereocenters. The van der Waals surface area contributed by atoms with E-state index >= 15 is 0 Å². The maximum atomic E-state index is 12.5. The molecule has 0 spiro atoms. The van der Waals surface area contributed by atoms with Gasteiger partial charge in [0.05, 0.1) is 6.21 Å². The summed E-state index contributed by atoms with van der Waals surface area (Å²) >= 11 is 0. The molecule has 2 aromatic heterocycles. The average Bonchev–Trinajstić information content (AvgIpc) is 2.96. The van der Waals surface area contributed by atoms with E-state index in [0.29, 0.717) is 17.0 Å². The molecule has 0 saturated carbocycles. The molecule has 3 rings (SSSR count). The van der Waals surface area contributed by atoms with Crippen LogP contribution in [0.1, 0.15) is 24.0 Å². The summed E-state index contributed by atoms with van der Waals surface area (Å²) in [5.41, 5.74) is 1.71. The van der Waals surface area contributed by atoms with Gasteiger partial charge >= 0.3 is 0 Å². The van der Waals surface area contributed by atoms with E-state index in [4.69, 9.17) is 5.21 Å². The number of fused-ring (bicyclic) bond motifs is 1. The van der Waals surface area contributed by atoms with Gasteiger partial charge < -0.3 is 10.1 Å². The molecule has 1 fully saturated rings. The zero-order valence-electron chi connectivity index (χ0n) is 11.3. The number of pyridine rings is 1. The summed E-state index contributed by atoms with van der Waals surface area (Å²) in [5, 5.41) is 11.8. The maximum Gasteiger partial charge on any atom is 0.269 e. The van der Waals surface area contributed by atoms with E-state index in [9.17, 15) is 4.79 Å². The van der Waals surface area contributed by atoms with Crippen LogP contribution in [0.4, 0.5) is 5.82 Å². The Morgan fingerprint density at radius 3 is 2.85 bits per heavy atom. The Morgan fingerprint density at radius 1 is 1.40 bits per heavy atom. The molecular weight excluding hydrogens is 256 g/mol. The Bertz CT molecular complexity index is 730. The second-order valence-corrected chi connectivity index (χ2v) is 4.98. The number of nitrogens with zero attached hydrogens (tertiary/aromatic N) is 4. The highest BCUT2D eigenvalue weighted by Crippen LogP contribution is 2.21. The van der Waals surface area contributed by atoms with Crippen LogP contribution in [0.15, 0.2) is 28.3 Å². The molecule has 1 aliphatic heterocycles. The quantitative estimate of drug-likeness (QED) is 0.510. The van der Waals surface area contributed by atoms with Crippen molar-refractivity contribution in [3.63, 3.8) is 0 Å². The number of rotatable bonds is 2. The van der Waals surface area contributed by atoms with Gasteiger partial charge in [-0.25, -0.2) is 4.98 Å². The summed E-state index contributed by atoms with van der Waals surface area (Å²) < 4.78 is 1.49. The van der Waals surface area contributed by atoms with E-state index in [1.165, 1.54) is 10.6 Å².